The minimum Gasteiger partial charge on any atom is -0.355 e. The van der Waals surface area contributed by atoms with Gasteiger partial charge in [-0.05, 0) is 48.5 Å². The molecule has 0 heterocycles. The van der Waals surface area contributed by atoms with Crippen molar-refractivity contribution in [1.29, 1.82) is 0 Å². The molecule has 6 heteroatoms. The zero-order valence-electron chi connectivity index (χ0n) is 17.0. The number of anilines is 4. The molecule has 158 valence electrons. The molecular formula is C26H20N2O4. The fraction of sp³-hybridized carbons (Fsp3) is 0. The highest BCUT2D eigenvalue weighted by molar-refractivity contribution is 5.99. The zero-order chi connectivity index (χ0) is 22.2. The Bertz CT molecular complexity index is 1110. The lowest BCUT2D eigenvalue weighted by Crippen LogP contribution is -2.14. The van der Waals surface area contributed by atoms with Gasteiger partial charge in [0, 0.05) is 11.4 Å². The quantitative estimate of drug-likeness (QED) is 0.288. The van der Waals surface area contributed by atoms with Crippen LogP contribution in [0.5, 0.6) is 0 Å². The average Bonchev–Trinajstić information content (AvgIpc) is 2.84. The molecule has 32 heavy (non-hydrogen) atoms. The summed E-state index contributed by atoms with van der Waals surface area (Å²) in [5.74, 6) is -1.57. The lowest BCUT2D eigenvalue weighted by atomic mass is 10.1. The van der Waals surface area contributed by atoms with E-state index < -0.39 is 11.9 Å². The zero-order valence-corrected chi connectivity index (χ0v) is 17.0. The third-order valence-corrected chi connectivity index (χ3v) is 4.59. The molecule has 0 aromatic heterocycles. The highest BCUT2D eigenvalue weighted by Gasteiger charge is 2.19. The van der Waals surface area contributed by atoms with Crippen molar-refractivity contribution in [2.45, 2.75) is 0 Å². The van der Waals surface area contributed by atoms with Gasteiger partial charge in [0.15, 0.2) is 0 Å². The van der Waals surface area contributed by atoms with Crippen LogP contribution in [-0.2, 0) is 9.78 Å². The first kappa shape index (κ1) is 20.7. The highest BCUT2D eigenvalue weighted by atomic mass is 17.2. The predicted octanol–water partition coefficient (Wildman–Crippen LogP) is 6.10. The van der Waals surface area contributed by atoms with E-state index in [0.29, 0.717) is 11.4 Å². The molecule has 0 spiro atoms. The van der Waals surface area contributed by atoms with Crippen molar-refractivity contribution in [2.24, 2.45) is 0 Å². The van der Waals surface area contributed by atoms with Gasteiger partial charge < -0.3 is 10.6 Å². The molecular weight excluding hydrogens is 404 g/mol. The molecule has 6 nitrogen and oxygen atoms in total. The second kappa shape index (κ2) is 9.95. The number of hydrogen-bond acceptors (Lipinski definition) is 6. The van der Waals surface area contributed by atoms with E-state index in [2.05, 4.69) is 10.6 Å². The first-order valence-electron chi connectivity index (χ1n) is 9.96. The number of carbonyl (C=O) groups excluding carboxylic acids is 2. The van der Waals surface area contributed by atoms with Crippen molar-refractivity contribution in [3.63, 3.8) is 0 Å². The Hall–Kier alpha value is -4.58. The molecule has 0 unspecified atom stereocenters. The van der Waals surface area contributed by atoms with Crippen LogP contribution in [0.3, 0.4) is 0 Å². The molecule has 0 aliphatic carbocycles. The Morgan fingerprint density at radius 2 is 0.812 bits per heavy atom. The van der Waals surface area contributed by atoms with Crippen molar-refractivity contribution >= 4 is 34.7 Å². The van der Waals surface area contributed by atoms with E-state index in [-0.39, 0.29) is 11.1 Å². The van der Waals surface area contributed by atoms with E-state index in [1.807, 2.05) is 60.7 Å². The van der Waals surface area contributed by atoms with Crippen LogP contribution in [-0.4, -0.2) is 11.9 Å². The summed E-state index contributed by atoms with van der Waals surface area (Å²) >= 11 is 0. The standard InChI is InChI=1S/C26H20N2O4/c29-25(21-15-7-9-17-23(21)27-19-11-3-1-4-12-19)31-32-26(30)22-16-8-10-18-24(22)28-20-13-5-2-6-14-20/h1-18,27-28H. The largest absolute Gasteiger partial charge is 0.388 e. The minimum atomic E-state index is -0.786. The maximum absolute atomic E-state index is 12.6. The van der Waals surface area contributed by atoms with Gasteiger partial charge in [-0.1, -0.05) is 60.7 Å². The fourth-order valence-corrected chi connectivity index (χ4v) is 3.06. The first-order valence-corrected chi connectivity index (χ1v) is 9.96. The summed E-state index contributed by atoms with van der Waals surface area (Å²) in [7, 11) is 0. The second-order valence-corrected chi connectivity index (χ2v) is 6.81. The number of para-hydroxylation sites is 4. The van der Waals surface area contributed by atoms with Gasteiger partial charge in [-0.2, -0.15) is 0 Å². The third-order valence-electron chi connectivity index (χ3n) is 4.59. The van der Waals surface area contributed by atoms with Crippen LogP contribution in [0.1, 0.15) is 20.7 Å². The lowest BCUT2D eigenvalue weighted by molar-refractivity contribution is -0.187. The van der Waals surface area contributed by atoms with Crippen molar-refractivity contribution in [3.05, 3.63) is 120 Å². The lowest BCUT2D eigenvalue weighted by Gasteiger charge is -2.12. The summed E-state index contributed by atoms with van der Waals surface area (Å²) in [4.78, 5) is 35.0. The number of rotatable bonds is 6. The van der Waals surface area contributed by atoms with E-state index in [0.717, 1.165) is 11.4 Å². The number of hydrogen-bond donors (Lipinski definition) is 2. The second-order valence-electron chi connectivity index (χ2n) is 6.81. The fourth-order valence-electron chi connectivity index (χ4n) is 3.06. The van der Waals surface area contributed by atoms with E-state index in [1.54, 1.807) is 48.5 Å². The maximum Gasteiger partial charge on any atom is 0.388 e. The van der Waals surface area contributed by atoms with Gasteiger partial charge in [0.25, 0.3) is 0 Å². The summed E-state index contributed by atoms with van der Waals surface area (Å²) in [6, 6.07) is 32.5. The Balaban J connectivity index is 1.45. The molecule has 2 N–H and O–H groups in total. The van der Waals surface area contributed by atoms with Gasteiger partial charge >= 0.3 is 11.9 Å². The Morgan fingerprint density at radius 3 is 1.22 bits per heavy atom. The highest BCUT2D eigenvalue weighted by Crippen LogP contribution is 2.23. The van der Waals surface area contributed by atoms with Gasteiger partial charge in [0.1, 0.15) is 0 Å². The number of carbonyl (C=O) groups is 2. The Kier molecular flexibility index (Phi) is 6.43. The molecule has 0 aliphatic rings. The van der Waals surface area contributed by atoms with E-state index in [4.69, 9.17) is 9.78 Å². The third kappa shape index (κ3) is 5.12. The summed E-state index contributed by atoms with van der Waals surface area (Å²) in [5, 5.41) is 6.32. The minimum absolute atomic E-state index is 0.236. The van der Waals surface area contributed by atoms with Gasteiger partial charge in [0.05, 0.1) is 22.5 Å². The number of nitrogens with one attached hydrogen (secondary N) is 2. The summed E-state index contributed by atoms with van der Waals surface area (Å²) in [6.45, 7) is 0. The van der Waals surface area contributed by atoms with Crippen molar-refractivity contribution in [2.75, 3.05) is 10.6 Å². The molecule has 0 atom stereocenters. The van der Waals surface area contributed by atoms with Gasteiger partial charge in [0.2, 0.25) is 0 Å². The van der Waals surface area contributed by atoms with Crippen molar-refractivity contribution in [1.82, 2.24) is 0 Å². The van der Waals surface area contributed by atoms with Gasteiger partial charge in [-0.25, -0.2) is 19.4 Å². The van der Waals surface area contributed by atoms with Crippen LogP contribution in [0, 0.1) is 0 Å². The van der Waals surface area contributed by atoms with Crippen molar-refractivity contribution in [3.8, 4) is 0 Å². The van der Waals surface area contributed by atoms with Crippen LogP contribution in [0.15, 0.2) is 109 Å². The van der Waals surface area contributed by atoms with Crippen LogP contribution >= 0.6 is 0 Å². The molecule has 4 rings (SSSR count). The van der Waals surface area contributed by atoms with Gasteiger partial charge in [-0.15, -0.1) is 0 Å². The normalized spacial score (nSPS) is 10.1. The molecule has 0 fully saturated rings. The number of benzene rings is 4. The van der Waals surface area contributed by atoms with E-state index in [9.17, 15) is 9.59 Å². The Labute approximate surface area is 185 Å². The van der Waals surface area contributed by atoms with Crippen molar-refractivity contribution < 1.29 is 19.4 Å². The molecule has 0 radical (unpaired) electrons. The van der Waals surface area contributed by atoms with Crippen LogP contribution in [0.4, 0.5) is 22.7 Å². The first-order chi connectivity index (χ1) is 15.7. The SMILES string of the molecule is O=C(OOC(=O)c1ccccc1Nc1ccccc1)c1ccccc1Nc1ccccc1. The average molecular weight is 424 g/mol. The van der Waals surface area contributed by atoms with Crippen LogP contribution in [0.2, 0.25) is 0 Å². The molecule has 0 bridgehead atoms. The summed E-state index contributed by atoms with van der Waals surface area (Å²) in [5.41, 5.74) is 3.16. The topological polar surface area (TPSA) is 76.7 Å². The van der Waals surface area contributed by atoms with Gasteiger partial charge in [-0.3, -0.25) is 0 Å². The maximum atomic E-state index is 12.6. The summed E-state index contributed by atoms with van der Waals surface area (Å²) < 4.78 is 0. The van der Waals surface area contributed by atoms with E-state index >= 15 is 0 Å². The molecule has 4 aromatic rings. The molecule has 0 saturated heterocycles. The smallest absolute Gasteiger partial charge is 0.355 e. The molecule has 0 aliphatic heterocycles. The predicted molar refractivity (Wildman–Crippen MR) is 123 cm³/mol. The molecule has 0 amide bonds. The molecule has 0 saturated carbocycles. The monoisotopic (exact) mass is 424 g/mol. The van der Waals surface area contributed by atoms with Crippen LogP contribution in [0.25, 0.3) is 0 Å². The van der Waals surface area contributed by atoms with Crippen LogP contribution < -0.4 is 10.6 Å². The summed E-state index contributed by atoms with van der Waals surface area (Å²) in [6.07, 6.45) is 0. The Morgan fingerprint density at radius 1 is 0.469 bits per heavy atom. The van der Waals surface area contributed by atoms with E-state index in [1.165, 1.54) is 0 Å². The molecule has 4 aromatic carbocycles.